The SMILES string of the molecule is CCOC1CC(NC(=O)C(C)C)C1. The fourth-order valence-electron chi connectivity index (χ4n) is 1.42. The Kier molecular flexibility index (Phi) is 3.72. The molecule has 1 saturated carbocycles. The third kappa shape index (κ3) is 2.99. The first-order valence-electron chi connectivity index (χ1n) is 5.05. The summed E-state index contributed by atoms with van der Waals surface area (Å²) in [5.74, 6) is 0.242. The van der Waals surface area contributed by atoms with Gasteiger partial charge in [0.05, 0.1) is 6.10 Å². The molecule has 0 radical (unpaired) electrons. The Morgan fingerprint density at radius 2 is 2.15 bits per heavy atom. The van der Waals surface area contributed by atoms with Gasteiger partial charge < -0.3 is 10.1 Å². The molecule has 0 atom stereocenters. The van der Waals surface area contributed by atoms with Crippen LogP contribution in [0, 0.1) is 5.92 Å². The van der Waals surface area contributed by atoms with Gasteiger partial charge in [-0.15, -0.1) is 0 Å². The summed E-state index contributed by atoms with van der Waals surface area (Å²) < 4.78 is 5.40. The summed E-state index contributed by atoms with van der Waals surface area (Å²) in [7, 11) is 0. The number of carbonyl (C=O) groups is 1. The number of rotatable bonds is 4. The summed E-state index contributed by atoms with van der Waals surface area (Å²) in [4.78, 5) is 11.3. The largest absolute Gasteiger partial charge is 0.378 e. The molecular weight excluding hydrogens is 166 g/mol. The van der Waals surface area contributed by atoms with Gasteiger partial charge in [0.2, 0.25) is 5.91 Å². The van der Waals surface area contributed by atoms with Crippen LogP contribution in [0.2, 0.25) is 0 Å². The van der Waals surface area contributed by atoms with Crippen LogP contribution in [0.5, 0.6) is 0 Å². The van der Waals surface area contributed by atoms with Gasteiger partial charge in [0, 0.05) is 18.6 Å². The van der Waals surface area contributed by atoms with E-state index in [1.54, 1.807) is 0 Å². The smallest absolute Gasteiger partial charge is 0.222 e. The predicted molar refractivity (Wildman–Crippen MR) is 51.4 cm³/mol. The highest BCUT2D eigenvalue weighted by atomic mass is 16.5. The van der Waals surface area contributed by atoms with Crippen LogP contribution in [0.15, 0.2) is 0 Å². The number of ether oxygens (including phenoxy) is 1. The van der Waals surface area contributed by atoms with Crippen molar-refractivity contribution in [3.05, 3.63) is 0 Å². The zero-order valence-electron chi connectivity index (χ0n) is 8.67. The van der Waals surface area contributed by atoms with Crippen molar-refractivity contribution in [3.63, 3.8) is 0 Å². The quantitative estimate of drug-likeness (QED) is 0.717. The summed E-state index contributed by atoms with van der Waals surface area (Å²) in [6, 6.07) is 0.353. The molecule has 1 aliphatic carbocycles. The van der Waals surface area contributed by atoms with Crippen LogP contribution in [-0.4, -0.2) is 24.7 Å². The maximum absolute atomic E-state index is 11.3. The lowest BCUT2D eigenvalue weighted by Gasteiger charge is -2.35. The summed E-state index contributed by atoms with van der Waals surface area (Å²) in [6.45, 7) is 6.59. The number of nitrogens with one attached hydrogen (secondary N) is 1. The van der Waals surface area contributed by atoms with Gasteiger partial charge in [0.1, 0.15) is 0 Å². The van der Waals surface area contributed by atoms with Crippen LogP contribution >= 0.6 is 0 Å². The molecule has 1 amide bonds. The topological polar surface area (TPSA) is 38.3 Å². The van der Waals surface area contributed by atoms with E-state index >= 15 is 0 Å². The molecule has 0 saturated heterocycles. The molecular formula is C10H19NO2. The zero-order chi connectivity index (χ0) is 9.84. The zero-order valence-corrected chi connectivity index (χ0v) is 8.67. The van der Waals surface area contributed by atoms with Gasteiger partial charge in [-0.1, -0.05) is 13.8 Å². The lowest BCUT2D eigenvalue weighted by molar-refractivity contribution is -0.126. The number of hydrogen-bond acceptors (Lipinski definition) is 2. The highest BCUT2D eigenvalue weighted by Gasteiger charge is 2.30. The van der Waals surface area contributed by atoms with Crippen LogP contribution in [0.3, 0.4) is 0 Å². The maximum Gasteiger partial charge on any atom is 0.222 e. The van der Waals surface area contributed by atoms with Gasteiger partial charge >= 0.3 is 0 Å². The van der Waals surface area contributed by atoms with Gasteiger partial charge in [-0.05, 0) is 19.8 Å². The highest BCUT2D eigenvalue weighted by molar-refractivity contribution is 5.78. The molecule has 76 valence electrons. The van der Waals surface area contributed by atoms with Crippen molar-refractivity contribution in [1.82, 2.24) is 5.32 Å². The lowest BCUT2D eigenvalue weighted by Crippen LogP contribution is -2.48. The van der Waals surface area contributed by atoms with Crippen molar-refractivity contribution in [2.45, 2.75) is 45.8 Å². The molecule has 3 nitrogen and oxygen atoms in total. The van der Waals surface area contributed by atoms with Crippen LogP contribution in [0.25, 0.3) is 0 Å². The van der Waals surface area contributed by atoms with Crippen LogP contribution in [0.4, 0.5) is 0 Å². The first-order valence-corrected chi connectivity index (χ1v) is 5.05. The molecule has 1 aliphatic rings. The second-order valence-corrected chi connectivity index (χ2v) is 3.91. The molecule has 0 unspecified atom stereocenters. The summed E-state index contributed by atoms with van der Waals surface area (Å²) in [5, 5.41) is 2.99. The van der Waals surface area contributed by atoms with Gasteiger partial charge in [0.25, 0.3) is 0 Å². The van der Waals surface area contributed by atoms with E-state index in [1.807, 2.05) is 20.8 Å². The van der Waals surface area contributed by atoms with E-state index in [4.69, 9.17) is 4.74 Å². The van der Waals surface area contributed by atoms with Crippen LogP contribution < -0.4 is 5.32 Å². The van der Waals surface area contributed by atoms with Crippen molar-refractivity contribution >= 4 is 5.91 Å². The van der Waals surface area contributed by atoms with E-state index in [2.05, 4.69) is 5.32 Å². The second-order valence-electron chi connectivity index (χ2n) is 3.91. The molecule has 13 heavy (non-hydrogen) atoms. The number of carbonyl (C=O) groups excluding carboxylic acids is 1. The fraction of sp³-hybridized carbons (Fsp3) is 0.900. The van der Waals surface area contributed by atoms with Gasteiger partial charge in [-0.3, -0.25) is 4.79 Å². The first kappa shape index (κ1) is 10.5. The van der Waals surface area contributed by atoms with E-state index in [0.717, 1.165) is 19.4 Å². The van der Waals surface area contributed by atoms with Gasteiger partial charge in [-0.2, -0.15) is 0 Å². The van der Waals surface area contributed by atoms with E-state index in [9.17, 15) is 4.79 Å². The van der Waals surface area contributed by atoms with Crippen LogP contribution in [-0.2, 0) is 9.53 Å². The summed E-state index contributed by atoms with van der Waals surface area (Å²) >= 11 is 0. The van der Waals surface area contributed by atoms with E-state index < -0.39 is 0 Å². The molecule has 0 aliphatic heterocycles. The Balaban J connectivity index is 2.11. The van der Waals surface area contributed by atoms with Crippen molar-refractivity contribution in [2.24, 2.45) is 5.92 Å². The third-order valence-corrected chi connectivity index (χ3v) is 2.37. The molecule has 0 spiro atoms. The van der Waals surface area contributed by atoms with Gasteiger partial charge in [0.15, 0.2) is 0 Å². The minimum atomic E-state index is 0.0890. The molecule has 0 aromatic rings. The Labute approximate surface area is 79.8 Å². The Morgan fingerprint density at radius 1 is 1.54 bits per heavy atom. The van der Waals surface area contributed by atoms with Crippen molar-refractivity contribution < 1.29 is 9.53 Å². The molecule has 0 heterocycles. The maximum atomic E-state index is 11.3. The highest BCUT2D eigenvalue weighted by Crippen LogP contribution is 2.23. The normalized spacial score (nSPS) is 27.1. The molecule has 0 aromatic heterocycles. The average Bonchev–Trinajstić information content (AvgIpc) is 2.00. The van der Waals surface area contributed by atoms with E-state index in [1.165, 1.54) is 0 Å². The van der Waals surface area contributed by atoms with E-state index in [0.29, 0.717) is 12.1 Å². The van der Waals surface area contributed by atoms with Gasteiger partial charge in [-0.25, -0.2) is 0 Å². The van der Waals surface area contributed by atoms with E-state index in [-0.39, 0.29) is 11.8 Å². The Bertz CT molecular complexity index is 174. The standard InChI is InChI=1S/C10H19NO2/c1-4-13-9-5-8(6-9)11-10(12)7(2)3/h7-9H,4-6H2,1-3H3,(H,11,12). The predicted octanol–water partition coefficient (Wildman–Crippen LogP) is 1.33. The third-order valence-electron chi connectivity index (χ3n) is 2.37. The number of amides is 1. The molecule has 1 N–H and O–H groups in total. The monoisotopic (exact) mass is 185 g/mol. The first-order chi connectivity index (χ1) is 6.13. The van der Waals surface area contributed by atoms with Crippen molar-refractivity contribution in [3.8, 4) is 0 Å². The molecule has 1 fully saturated rings. The Morgan fingerprint density at radius 3 is 2.62 bits per heavy atom. The molecule has 1 rings (SSSR count). The summed E-state index contributed by atoms with van der Waals surface area (Å²) in [6.07, 6.45) is 2.33. The number of hydrogen-bond donors (Lipinski definition) is 1. The van der Waals surface area contributed by atoms with Crippen molar-refractivity contribution in [2.75, 3.05) is 6.61 Å². The molecule has 3 heteroatoms. The molecule has 0 bridgehead atoms. The Hall–Kier alpha value is -0.570. The van der Waals surface area contributed by atoms with Crippen molar-refractivity contribution in [1.29, 1.82) is 0 Å². The fourth-order valence-corrected chi connectivity index (χ4v) is 1.42. The summed E-state index contributed by atoms with van der Waals surface area (Å²) in [5.41, 5.74) is 0. The minimum Gasteiger partial charge on any atom is -0.378 e. The van der Waals surface area contributed by atoms with Crippen LogP contribution in [0.1, 0.15) is 33.6 Å². The average molecular weight is 185 g/mol. The lowest BCUT2D eigenvalue weighted by atomic mass is 9.89. The minimum absolute atomic E-state index is 0.0890. The second kappa shape index (κ2) is 4.61. The molecule has 0 aromatic carbocycles.